The molecule has 0 aromatic rings. The number of nitrogens with two attached hydrogens (primary N) is 1. The van der Waals surface area contributed by atoms with Crippen LogP contribution in [0, 0.1) is 5.41 Å². The standard InChI is InChI=1S/C12H25N3O2S/c1-4-7-14-10(16)9-18-8-5-6-12(2,3)11(13)15-17/h17H,4-9H2,1-3H3,(H2,13,15)(H,14,16). The van der Waals surface area contributed by atoms with Gasteiger partial charge in [0.05, 0.1) is 5.75 Å². The van der Waals surface area contributed by atoms with E-state index in [1.165, 1.54) is 0 Å². The summed E-state index contributed by atoms with van der Waals surface area (Å²) < 4.78 is 0. The molecule has 5 nitrogen and oxygen atoms in total. The molecule has 0 saturated heterocycles. The van der Waals surface area contributed by atoms with Gasteiger partial charge < -0.3 is 16.3 Å². The molecule has 106 valence electrons. The fraction of sp³-hybridized carbons (Fsp3) is 0.833. The second-order valence-corrected chi connectivity index (χ2v) is 5.98. The second-order valence-electron chi connectivity index (χ2n) is 4.88. The number of oxime groups is 1. The number of rotatable bonds is 9. The van der Waals surface area contributed by atoms with Gasteiger partial charge in [-0.2, -0.15) is 11.8 Å². The minimum atomic E-state index is -0.292. The molecule has 4 N–H and O–H groups in total. The monoisotopic (exact) mass is 275 g/mol. The zero-order valence-corrected chi connectivity index (χ0v) is 12.3. The average Bonchev–Trinajstić information content (AvgIpc) is 2.34. The molecule has 0 heterocycles. The first-order valence-electron chi connectivity index (χ1n) is 6.26. The number of hydrogen-bond acceptors (Lipinski definition) is 4. The molecule has 0 saturated carbocycles. The SMILES string of the molecule is CCCNC(=O)CSCCCC(C)(C)C(N)=NO. The Hall–Kier alpha value is -0.910. The number of carbonyl (C=O) groups excluding carboxylic acids is 1. The Morgan fingerprint density at radius 1 is 1.50 bits per heavy atom. The van der Waals surface area contributed by atoms with Crippen LogP contribution in [0.25, 0.3) is 0 Å². The number of amidine groups is 1. The van der Waals surface area contributed by atoms with E-state index >= 15 is 0 Å². The quantitative estimate of drug-likeness (QED) is 0.197. The Kier molecular flexibility index (Phi) is 8.62. The van der Waals surface area contributed by atoms with Gasteiger partial charge in [-0.15, -0.1) is 0 Å². The van der Waals surface area contributed by atoms with E-state index in [-0.39, 0.29) is 17.2 Å². The van der Waals surface area contributed by atoms with Crippen molar-refractivity contribution in [3.8, 4) is 0 Å². The van der Waals surface area contributed by atoms with Crippen LogP contribution in [-0.4, -0.2) is 35.0 Å². The summed E-state index contributed by atoms with van der Waals surface area (Å²) in [6.07, 6.45) is 2.74. The van der Waals surface area contributed by atoms with Crippen LogP contribution >= 0.6 is 11.8 Å². The average molecular weight is 275 g/mol. The lowest BCUT2D eigenvalue weighted by Gasteiger charge is -2.22. The van der Waals surface area contributed by atoms with Crippen molar-refractivity contribution in [2.75, 3.05) is 18.1 Å². The molecular weight excluding hydrogens is 250 g/mol. The van der Waals surface area contributed by atoms with E-state index in [9.17, 15) is 4.79 Å². The highest BCUT2D eigenvalue weighted by Gasteiger charge is 2.22. The highest BCUT2D eigenvalue weighted by atomic mass is 32.2. The van der Waals surface area contributed by atoms with Crippen molar-refractivity contribution in [2.24, 2.45) is 16.3 Å². The van der Waals surface area contributed by atoms with Gasteiger partial charge in [0.25, 0.3) is 0 Å². The van der Waals surface area contributed by atoms with E-state index in [1.54, 1.807) is 11.8 Å². The minimum Gasteiger partial charge on any atom is -0.409 e. The van der Waals surface area contributed by atoms with Gasteiger partial charge >= 0.3 is 0 Å². The molecule has 0 atom stereocenters. The minimum absolute atomic E-state index is 0.0949. The lowest BCUT2D eigenvalue weighted by molar-refractivity contribution is -0.118. The van der Waals surface area contributed by atoms with E-state index in [0.29, 0.717) is 5.75 Å². The van der Waals surface area contributed by atoms with Gasteiger partial charge in [-0.05, 0) is 25.0 Å². The molecule has 0 spiro atoms. The van der Waals surface area contributed by atoms with Gasteiger partial charge in [-0.1, -0.05) is 25.9 Å². The molecule has 0 rings (SSSR count). The third-order valence-corrected chi connectivity index (χ3v) is 3.74. The first kappa shape index (κ1) is 17.1. The molecule has 0 aromatic heterocycles. The van der Waals surface area contributed by atoms with Crippen molar-refractivity contribution >= 4 is 23.5 Å². The van der Waals surface area contributed by atoms with Crippen molar-refractivity contribution in [1.29, 1.82) is 0 Å². The van der Waals surface area contributed by atoms with Crippen LogP contribution in [0.4, 0.5) is 0 Å². The number of carbonyl (C=O) groups is 1. The van der Waals surface area contributed by atoms with Gasteiger partial charge in [0.2, 0.25) is 5.91 Å². The van der Waals surface area contributed by atoms with Crippen molar-refractivity contribution in [1.82, 2.24) is 5.32 Å². The third kappa shape index (κ3) is 7.42. The van der Waals surface area contributed by atoms with Crippen LogP contribution in [0.2, 0.25) is 0 Å². The van der Waals surface area contributed by atoms with Crippen molar-refractivity contribution in [3.63, 3.8) is 0 Å². The summed E-state index contributed by atoms with van der Waals surface area (Å²) in [7, 11) is 0. The molecule has 0 aliphatic heterocycles. The van der Waals surface area contributed by atoms with Gasteiger partial charge in [0.1, 0.15) is 5.84 Å². The number of amides is 1. The number of nitrogens with one attached hydrogen (secondary N) is 1. The summed E-state index contributed by atoms with van der Waals surface area (Å²) in [5.41, 5.74) is 5.31. The molecule has 0 unspecified atom stereocenters. The maximum absolute atomic E-state index is 11.3. The predicted octanol–water partition coefficient (Wildman–Crippen LogP) is 1.80. The van der Waals surface area contributed by atoms with Crippen LogP contribution in [0.15, 0.2) is 5.16 Å². The molecule has 0 aliphatic carbocycles. The lowest BCUT2D eigenvalue weighted by Crippen LogP contribution is -2.32. The van der Waals surface area contributed by atoms with Crippen LogP contribution in [0.5, 0.6) is 0 Å². The summed E-state index contributed by atoms with van der Waals surface area (Å²) in [5.74, 6) is 1.76. The highest BCUT2D eigenvalue weighted by molar-refractivity contribution is 7.99. The van der Waals surface area contributed by atoms with Crippen molar-refractivity contribution in [2.45, 2.75) is 40.0 Å². The van der Waals surface area contributed by atoms with E-state index < -0.39 is 0 Å². The lowest BCUT2D eigenvalue weighted by atomic mass is 9.87. The molecule has 1 amide bonds. The summed E-state index contributed by atoms with van der Waals surface area (Å²) in [4.78, 5) is 11.3. The maximum atomic E-state index is 11.3. The Labute approximate surface area is 114 Å². The van der Waals surface area contributed by atoms with Crippen molar-refractivity contribution in [3.05, 3.63) is 0 Å². The van der Waals surface area contributed by atoms with E-state index in [0.717, 1.165) is 31.6 Å². The first-order chi connectivity index (χ1) is 8.44. The van der Waals surface area contributed by atoms with Crippen LogP contribution in [0.1, 0.15) is 40.0 Å². The van der Waals surface area contributed by atoms with Crippen LogP contribution in [0.3, 0.4) is 0 Å². The van der Waals surface area contributed by atoms with Crippen molar-refractivity contribution < 1.29 is 10.0 Å². The molecule has 0 aliphatic rings. The number of nitrogens with zero attached hydrogens (tertiary/aromatic N) is 1. The summed E-state index contributed by atoms with van der Waals surface area (Å²) >= 11 is 1.62. The normalized spacial score (nSPS) is 12.5. The molecule has 0 radical (unpaired) electrons. The summed E-state index contributed by atoms with van der Waals surface area (Å²) in [6, 6.07) is 0. The van der Waals surface area contributed by atoms with Gasteiger partial charge in [0.15, 0.2) is 0 Å². The smallest absolute Gasteiger partial charge is 0.229 e. The summed E-state index contributed by atoms with van der Waals surface area (Å²) in [5, 5.41) is 14.5. The van der Waals surface area contributed by atoms with Crippen LogP contribution < -0.4 is 11.1 Å². The first-order valence-corrected chi connectivity index (χ1v) is 7.42. The zero-order valence-electron chi connectivity index (χ0n) is 11.5. The maximum Gasteiger partial charge on any atom is 0.229 e. The molecule has 0 aromatic carbocycles. The topological polar surface area (TPSA) is 87.7 Å². The van der Waals surface area contributed by atoms with Gasteiger partial charge in [-0.25, -0.2) is 0 Å². The Balaban J connectivity index is 3.65. The largest absolute Gasteiger partial charge is 0.409 e. The van der Waals surface area contributed by atoms with E-state index in [4.69, 9.17) is 10.9 Å². The summed E-state index contributed by atoms with van der Waals surface area (Å²) in [6.45, 7) is 6.67. The predicted molar refractivity (Wildman–Crippen MR) is 77.0 cm³/mol. The Bertz CT molecular complexity index is 280. The fourth-order valence-corrected chi connectivity index (χ4v) is 2.14. The molecule has 6 heteroatoms. The van der Waals surface area contributed by atoms with Crippen LogP contribution in [-0.2, 0) is 4.79 Å². The molecule has 0 bridgehead atoms. The number of thioether (sulfide) groups is 1. The van der Waals surface area contributed by atoms with E-state index in [2.05, 4.69) is 10.5 Å². The number of hydrogen-bond donors (Lipinski definition) is 3. The molecule has 18 heavy (non-hydrogen) atoms. The van der Waals surface area contributed by atoms with Gasteiger partial charge in [0, 0.05) is 12.0 Å². The van der Waals surface area contributed by atoms with E-state index in [1.807, 2.05) is 20.8 Å². The third-order valence-electron chi connectivity index (χ3n) is 2.70. The van der Waals surface area contributed by atoms with Gasteiger partial charge in [-0.3, -0.25) is 4.79 Å². The second kappa shape index (κ2) is 9.08. The molecular formula is C12H25N3O2S. The zero-order chi connectivity index (χ0) is 14.0. The fourth-order valence-electron chi connectivity index (χ4n) is 1.36. The Morgan fingerprint density at radius 3 is 2.72 bits per heavy atom. The Morgan fingerprint density at radius 2 is 2.17 bits per heavy atom. The highest BCUT2D eigenvalue weighted by Crippen LogP contribution is 2.23. The molecule has 0 fully saturated rings.